The highest BCUT2D eigenvalue weighted by atomic mass is 35.5. The van der Waals surface area contributed by atoms with Crippen molar-refractivity contribution in [3.05, 3.63) is 88.2 Å². The first-order valence-electron chi connectivity index (χ1n) is 9.79. The first-order chi connectivity index (χ1) is 15.8. The molecular weight excluding hydrogens is 451 g/mol. The van der Waals surface area contributed by atoms with E-state index in [1.54, 1.807) is 42.5 Å². The second-order valence-corrected chi connectivity index (χ2v) is 7.82. The second kappa shape index (κ2) is 7.58. The van der Waals surface area contributed by atoms with Crippen molar-refractivity contribution in [2.45, 2.75) is 5.72 Å². The second-order valence-electron chi connectivity index (χ2n) is 7.39. The van der Waals surface area contributed by atoms with E-state index in [2.05, 4.69) is 20.0 Å². The van der Waals surface area contributed by atoms with Gasteiger partial charge >= 0.3 is 6.09 Å². The van der Waals surface area contributed by atoms with Gasteiger partial charge in [0.1, 0.15) is 5.82 Å². The molecule has 0 spiro atoms. The van der Waals surface area contributed by atoms with Crippen LogP contribution in [0.1, 0.15) is 21.5 Å². The van der Waals surface area contributed by atoms with E-state index in [4.69, 9.17) is 11.6 Å². The van der Waals surface area contributed by atoms with Gasteiger partial charge in [0, 0.05) is 21.7 Å². The Morgan fingerprint density at radius 3 is 2.79 bits per heavy atom. The van der Waals surface area contributed by atoms with Gasteiger partial charge in [-0.15, -0.1) is 0 Å². The number of nitrogens with one attached hydrogen (secondary N) is 2. The number of carbonyl (C=O) groups is 2. The van der Waals surface area contributed by atoms with E-state index in [1.807, 2.05) is 0 Å². The molecule has 1 unspecified atom stereocenters. The highest BCUT2D eigenvalue weighted by Gasteiger charge is 2.51. The smallest absolute Gasteiger partial charge is 0.413 e. The Morgan fingerprint density at radius 1 is 1.21 bits per heavy atom. The summed E-state index contributed by atoms with van der Waals surface area (Å²) in [6.45, 7) is 0. The number of aromatic amines is 1. The summed E-state index contributed by atoms with van der Waals surface area (Å²) in [6, 6.07) is 15.1. The average molecular weight is 467 g/mol. The van der Waals surface area contributed by atoms with Crippen LogP contribution in [-0.2, 0) is 10.5 Å². The molecule has 1 aromatic heterocycles. The highest BCUT2D eigenvalue weighted by Crippen LogP contribution is 2.46. The number of H-pyrrole nitrogens is 1. The number of fused-ring (bicyclic) bond motifs is 2. The van der Waals surface area contributed by atoms with Crippen molar-refractivity contribution in [2.24, 2.45) is 0 Å². The number of hydrogen-bond acceptors (Lipinski definition) is 5. The van der Waals surface area contributed by atoms with Crippen LogP contribution in [0.15, 0.2) is 60.7 Å². The Bertz CT molecular complexity index is 1440. The lowest BCUT2D eigenvalue weighted by atomic mass is 9.93. The maximum atomic E-state index is 14.9. The summed E-state index contributed by atoms with van der Waals surface area (Å²) >= 11 is 6.08. The van der Waals surface area contributed by atoms with Gasteiger partial charge in [-0.05, 0) is 36.4 Å². The van der Waals surface area contributed by atoms with Crippen LogP contribution in [0.4, 0.5) is 20.8 Å². The van der Waals surface area contributed by atoms with E-state index in [9.17, 15) is 19.1 Å². The van der Waals surface area contributed by atoms with Gasteiger partial charge in [-0.1, -0.05) is 35.9 Å². The minimum atomic E-state index is -2.03. The highest BCUT2D eigenvalue weighted by molar-refractivity contribution is 6.31. The zero-order valence-electron chi connectivity index (χ0n) is 17.1. The molecule has 2 amide bonds. The van der Waals surface area contributed by atoms with Gasteiger partial charge < -0.3 is 14.8 Å². The number of halogens is 2. The van der Waals surface area contributed by atoms with Gasteiger partial charge in [-0.3, -0.25) is 15.0 Å². The number of amides is 2. The molecule has 0 saturated carbocycles. The molecule has 0 fully saturated rings. The minimum absolute atomic E-state index is 0.140. The monoisotopic (exact) mass is 466 g/mol. The number of methoxy groups -OCH3 is 1. The van der Waals surface area contributed by atoms with Gasteiger partial charge in [0.05, 0.1) is 23.8 Å². The van der Waals surface area contributed by atoms with Gasteiger partial charge in [0.2, 0.25) is 5.95 Å². The van der Waals surface area contributed by atoms with Gasteiger partial charge in [0.15, 0.2) is 5.72 Å². The van der Waals surface area contributed by atoms with Crippen LogP contribution >= 0.6 is 11.6 Å². The molecule has 8 nitrogen and oxygen atoms in total. The van der Waals surface area contributed by atoms with Crippen LogP contribution in [0, 0.1) is 5.82 Å². The van der Waals surface area contributed by atoms with Crippen molar-refractivity contribution in [1.29, 1.82) is 0 Å². The maximum absolute atomic E-state index is 14.9. The Hall–Kier alpha value is -3.95. The number of aromatic nitrogens is 2. The molecule has 1 atom stereocenters. The van der Waals surface area contributed by atoms with Crippen molar-refractivity contribution in [1.82, 2.24) is 9.97 Å². The van der Waals surface area contributed by atoms with Crippen molar-refractivity contribution in [3.63, 3.8) is 0 Å². The predicted molar refractivity (Wildman–Crippen MR) is 120 cm³/mol. The lowest BCUT2D eigenvalue weighted by molar-refractivity contribution is 0.0699. The van der Waals surface area contributed by atoms with Gasteiger partial charge in [-0.2, -0.15) is 0 Å². The fourth-order valence-electron chi connectivity index (χ4n) is 4.02. The SMILES string of the molecule is COC(=O)Nc1nc2ccc(C3(O)c4ccccc4C(=O)N3c3cc(Cl)ccc3F)cc2[nH]1. The molecule has 33 heavy (non-hydrogen) atoms. The molecule has 5 rings (SSSR count). The number of imidazole rings is 1. The molecule has 10 heteroatoms. The molecule has 1 aliphatic rings. The Morgan fingerprint density at radius 2 is 2.00 bits per heavy atom. The van der Waals surface area contributed by atoms with Crippen LogP contribution in [0.2, 0.25) is 5.02 Å². The normalized spacial score (nSPS) is 17.3. The fraction of sp³-hybridized carbons (Fsp3) is 0.0870. The number of aliphatic hydroxyl groups is 1. The van der Waals surface area contributed by atoms with Crippen molar-refractivity contribution in [3.8, 4) is 0 Å². The number of rotatable bonds is 3. The molecule has 0 radical (unpaired) electrons. The van der Waals surface area contributed by atoms with E-state index < -0.39 is 23.5 Å². The molecular formula is C23H16ClFN4O4. The van der Waals surface area contributed by atoms with Crippen molar-refractivity contribution >= 4 is 46.3 Å². The Labute approximate surface area is 191 Å². The minimum Gasteiger partial charge on any atom is -0.453 e. The Kier molecular flexibility index (Phi) is 4.80. The number of ether oxygens (including phenoxy) is 1. The predicted octanol–water partition coefficient (Wildman–Crippen LogP) is 4.39. The maximum Gasteiger partial charge on any atom is 0.413 e. The average Bonchev–Trinajstić information content (AvgIpc) is 3.31. The van der Waals surface area contributed by atoms with Crippen LogP contribution in [0.25, 0.3) is 11.0 Å². The number of hydrogen-bond donors (Lipinski definition) is 3. The molecule has 3 aromatic carbocycles. The molecule has 1 aliphatic heterocycles. The topological polar surface area (TPSA) is 108 Å². The van der Waals surface area contributed by atoms with Crippen molar-refractivity contribution < 1.29 is 23.8 Å². The first kappa shape index (κ1) is 20.9. The summed E-state index contributed by atoms with van der Waals surface area (Å²) in [7, 11) is 1.23. The zero-order chi connectivity index (χ0) is 23.3. The summed E-state index contributed by atoms with van der Waals surface area (Å²) < 4.78 is 19.4. The molecule has 0 saturated heterocycles. The fourth-order valence-corrected chi connectivity index (χ4v) is 4.19. The largest absolute Gasteiger partial charge is 0.453 e. The van der Waals surface area contributed by atoms with E-state index >= 15 is 0 Å². The van der Waals surface area contributed by atoms with Crippen LogP contribution < -0.4 is 10.2 Å². The quantitative estimate of drug-likeness (QED) is 0.415. The van der Waals surface area contributed by atoms with Crippen LogP contribution in [0.5, 0.6) is 0 Å². The van der Waals surface area contributed by atoms with Crippen LogP contribution in [0.3, 0.4) is 0 Å². The third kappa shape index (κ3) is 3.21. The number of carbonyl (C=O) groups excluding carboxylic acids is 2. The van der Waals surface area contributed by atoms with Gasteiger partial charge in [0.25, 0.3) is 5.91 Å². The summed E-state index contributed by atoms with van der Waals surface area (Å²) in [5.41, 5.74) is -0.431. The molecule has 0 bridgehead atoms. The Balaban J connectivity index is 1.70. The standard InChI is InChI=1S/C23H16ClFN4O4/c1-33-22(31)28-21-26-17-9-6-12(10-18(17)27-21)23(32)15-5-3-2-4-14(15)20(30)29(23)19-11-13(24)7-8-16(19)25/h2-11,32H,1H3,(H2,26,27,28,31). The molecule has 3 N–H and O–H groups in total. The molecule has 0 aliphatic carbocycles. The lowest BCUT2D eigenvalue weighted by Crippen LogP contribution is -2.45. The molecule has 4 aromatic rings. The summed E-state index contributed by atoms with van der Waals surface area (Å²) in [4.78, 5) is 33.0. The molecule has 166 valence electrons. The lowest BCUT2D eigenvalue weighted by Gasteiger charge is -2.35. The number of benzene rings is 3. The summed E-state index contributed by atoms with van der Waals surface area (Å²) in [5.74, 6) is -1.15. The third-order valence-electron chi connectivity index (χ3n) is 5.50. The van der Waals surface area contributed by atoms with Crippen molar-refractivity contribution in [2.75, 3.05) is 17.3 Å². The van der Waals surface area contributed by atoms with E-state index in [0.717, 1.165) is 11.0 Å². The third-order valence-corrected chi connectivity index (χ3v) is 5.73. The summed E-state index contributed by atoms with van der Waals surface area (Å²) in [5, 5.41) is 14.7. The summed E-state index contributed by atoms with van der Waals surface area (Å²) in [6.07, 6.45) is -0.703. The van der Waals surface area contributed by atoms with E-state index in [1.165, 1.54) is 19.2 Å². The van der Waals surface area contributed by atoms with E-state index in [0.29, 0.717) is 16.6 Å². The first-order valence-corrected chi connectivity index (χ1v) is 10.2. The zero-order valence-corrected chi connectivity index (χ0v) is 17.9. The number of nitrogens with zero attached hydrogens (tertiary/aromatic N) is 2. The van der Waals surface area contributed by atoms with Crippen LogP contribution in [-0.4, -0.2) is 34.2 Å². The molecule has 2 heterocycles. The van der Waals surface area contributed by atoms with E-state index in [-0.39, 0.29) is 27.8 Å². The number of anilines is 2. The van der Waals surface area contributed by atoms with Gasteiger partial charge in [-0.25, -0.2) is 14.2 Å².